The van der Waals surface area contributed by atoms with Crippen LogP contribution in [-0.4, -0.2) is 29.6 Å². The van der Waals surface area contributed by atoms with E-state index in [2.05, 4.69) is 0 Å². The summed E-state index contributed by atoms with van der Waals surface area (Å²) in [7, 11) is 1.91. The zero-order chi connectivity index (χ0) is 12.8. The van der Waals surface area contributed by atoms with Crippen LogP contribution in [0.15, 0.2) is 24.3 Å². The molecular formula is C13H16FNO2. The number of nitrogens with zero attached hydrogens (tertiary/aromatic N) is 1. The van der Waals surface area contributed by atoms with Crippen LogP contribution in [0.4, 0.5) is 4.39 Å². The van der Waals surface area contributed by atoms with E-state index in [1.54, 1.807) is 12.1 Å². The summed E-state index contributed by atoms with van der Waals surface area (Å²) in [5.41, 5.74) is 1.16. The van der Waals surface area contributed by atoms with Crippen LogP contribution in [0.25, 0.3) is 6.08 Å². The van der Waals surface area contributed by atoms with Gasteiger partial charge in [-0.15, -0.1) is 0 Å². The predicted octanol–water partition coefficient (Wildman–Crippen LogP) is 2.38. The third-order valence-corrected chi connectivity index (χ3v) is 2.48. The quantitative estimate of drug-likeness (QED) is 0.799. The fourth-order valence-electron chi connectivity index (χ4n) is 1.37. The molecule has 0 amide bonds. The molecule has 0 fully saturated rings. The van der Waals surface area contributed by atoms with Crippen LogP contribution < -0.4 is 0 Å². The lowest BCUT2D eigenvalue weighted by atomic mass is 10.1. The highest BCUT2D eigenvalue weighted by molar-refractivity contribution is 5.85. The molecule has 0 bridgehead atoms. The highest BCUT2D eigenvalue weighted by atomic mass is 19.1. The molecule has 0 aromatic heterocycles. The van der Waals surface area contributed by atoms with Crippen molar-refractivity contribution in [1.29, 1.82) is 0 Å². The van der Waals surface area contributed by atoms with Gasteiger partial charge in [0, 0.05) is 18.2 Å². The number of carboxylic acid groups (broad SMARTS) is 1. The lowest BCUT2D eigenvalue weighted by molar-refractivity contribution is -0.131. The van der Waals surface area contributed by atoms with Gasteiger partial charge < -0.3 is 10.0 Å². The first-order valence-corrected chi connectivity index (χ1v) is 5.41. The molecule has 0 spiro atoms. The van der Waals surface area contributed by atoms with Crippen LogP contribution >= 0.6 is 0 Å². The maximum absolute atomic E-state index is 13.7. The first kappa shape index (κ1) is 13.4. The molecule has 1 N–H and O–H groups in total. The summed E-state index contributed by atoms with van der Waals surface area (Å²) in [6.45, 7) is 3.40. The molecule has 0 radical (unpaired) electrons. The molecular weight excluding hydrogens is 221 g/mol. The van der Waals surface area contributed by atoms with Gasteiger partial charge in [-0.1, -0.05) is 19.1 Å². The first-order chi connectivity index (χ1) is 8.02. The summed E-state index contributed by atoms with van der Waals surface area (Å²) in [5.74, 6) is -1.35. The number of halogens is 1. The van der Waals surface area contributed by atoms with Crippen LogP contribution in [0, 0.1) is 5.82 Å². The summed E-state index contributed by atoms with van der Waals surface area (Å²) >= 11 is 0. The van der Waals surface area contributed by atoms with Crippen LogP contribution in [-0.2, 0) is 11.3 Å². The van der Waals surface area contributed by atoms with E-state index in [1.807, 2.05) is 18.9 Å². The summed E-state index contributed by atoms with van der Waals surface area (Å²) in [6.07, 6.45) is 2.37. The lowest BCUT2D eigenvalue weighted by Crippen LogP contribution is -2.17. The van der Waals surface area contributed by atoms with Crippen LogP contribution in [0.2, 0.25) is 0 Å². The maximum atomic E-state index is 13.7. The zero-order valence-corrected chi connectivity index (χ0v) is 9.98. The van der Waals surface area contributed by atoms with Gasteiger partial charge in [-0.3, -0.25) is 0 Å². The predicted molar refractivity (Wildman–Crippen MR) is 65.1 cm³/mol. The van der Waals surface area contributed by atoms with Crippen LogP contribution in [0.3, 0.4) is 0 Å². The smallest absolute Gasteiger partial charge is 0.328 e. The summed E-state index contributed by atoms with van der Waals surface area (Å²) < 4.78 is 13.7. The highest BCUT2D eigenvalue weighted by Gasteiger charge is 2.04. The van der Waals surface area contributed by atoms with Gasteiger partial charge in [0.1, 0.15) is 5.82 Å². The number of aliphatic carboxylic acids is 1. The molecule has 0 saturated carbocycles. The number of hydrogen-bond donors (Lipinski definition) is 1. The van der Waals surface area contributed by atoms with Crippen molar-refractivity contribution in [2.24, 2.45) is 0 Å². The molecule has 0 aliphatic heterocycles. The largest absolute Gasteiger partial charge is 0.478 e. The van der Waals surface area contributed by atoms with Crippen molar-refractivity contribution in [1.82, 2.24) is 4.90 Å². The van der Waals surface area contributed by atoms with Crippen molar-refractivity contribution in [3.8, 4) is 0 Å². The fraction of sp³-hybridized carbons (Fsp3) is 0.308. The van der Waals surface area contributed by atoms with Crippen molar-refractivity contribution < 1.29 is 14.3 Å². The van der Waals surface area contributed by atoms with Crippen LogP contribution in [0.1, 0.15) is 18.1 Å². The van der Waals surface area contributed by atoms with E-state index in [0.29, 0.717) is 17.7 Å². The minimum Gasteiger partial charge on any atom is -0.478 e. The average molecular weight is 237 g/mol. The summed E-state index contributed by atoms with van der Waals surface area (Å²) in [5, 5.41) is 8.46. The highest BCUT2D eigenvalue weighted by Crippen LogP contribution is 2.13. The van der Waals surface area contributed by atoms with Gasteiger partial charge in [0.05, 0.1) is 0 Å². The Morgan fingerprint density at radius 3 is 2.76 bits per heavy atom. The second kappa shape index (κ2) is 6.15. The molecule has 0 unspecified atom stereocenters. The van der Waals surface area contributed by atoms with Crippen molar-refractivity contribution >= 4 is 12.0 Å². The fourth-order valence-corrected chi connectivity index (χ4v) is 1.37. The van der Waals surface area contributed by atoms with E-state index in [9.17, 15) is 9.18 Å². The number of benzene rings is 1. The van der Waals surface area contributed by atoms with Crippen molar-refractivity contribution in [3.63, 3.8) is 0 Å². The molecule has 0 saturated heterocycles. The van der Waals surface area contributed by atoms with E-state index in [0.717, 1.165) is 12.6 Å². The molecule has 17 heavy (non-hydrogen) atoms. The molecule has 3 nitrogen and oxygen atoms in total. The third-order valence-electron chi connectivity index (χ3n) is 2.48. The topological polar surface area (TPSA) is 40.5 Å². The van der Waals surface area contributed by atoms with Gasteiger partial charge >= 0.3 is 5.97 Å². The van der Waals surface area contributed by atoms with E-state index in [1.165, 1.54) is 12.1 Å². The van der Waals surface area contributed by atoms with Crippen molar-refractivity contribution in [2.45, 2.75) is 13.5 Å². The average Bonchev–Trinajstić information content (AvgIpc) is 2.29. The third kappa shape index (κ3) is 4.36. The minimum atomic E-state index is -1.04. The lowest BCUT2D eigenvalue weighted by Gasteiger charge is -2.14. The summed E-state index contributed by atoms with van der Waals surface area (Å²) in [4.78, 5) is 12.3. The van der Waals surface area contributed by atoms with Gasteiger partial charge in [0.15, 0.2) is 0 Å². The molecule has 1 rings (SSSR count). The second-order valence-electron chi connectivity index (χ2n) is 3.85. The Hall–Kier alpha value is -1.68. The van der Waals surface area contributed by atoms with Gasteiger partial charge in [0.25, 0.3) is 0 Å². The standard InChI is InChI=1S/C13H16FNO2/c1-3-15(2)9-11-6-4-10(8-12(11)14)5-7-13(16)17/h4-8H,3,9H2,1-2H3,(H,16,17)/b7-5+. The number of carbonyl (C=O) groups is 1. The SMILES string of the molecule is CCN(C)Cc1ccc(/C=C/C(=O)O)cc1F. The second-order valence-corrected chi connectivity index (χ2v) is 3.85. The molecule has 92 valence electrons. The molecule has 0 atom stereocenters. The van der Waals surface area contributed by atoms with Gasteiger partial charge in [0.2, 0.25) is 0 Å². The van der Waals surface area contributed by atoms with Crippen LogP contribution in [0.5, 0.6) is 0 Å². The van der Waals surface area contributed by atoms with Gasteiger partial charge in [-0.2, -0.15) is 0 Å². The molecule has 0 heterocycles. The van der Waals surface area contributed by atoms with E-state index in [-0.39, 0.29) is 5.82 Å². The molecule has 0 aliphatic carbocycles. The van der Waals surface area contributed by atoms with E-state index >= 15 is 0 Å². The summed E-state index contributed by atoms with van der Waals surface area (Å²) in [6, 6.07) is 4.74. The molecule has 1 aromatic carbocycles. The Morgan fingerprint density at radius 2 is 2.24 bits per heavy atom. The zero-order valence-electron chi connectivity index (χ0n) is 9.98. The Balaban J connectivity index is 2.82. The maximum Gasteiger partial charge on any atom is 0.328 e. The number of hydrogen-bond acceptors (Lipinski definition) is 2. The Labute approximate surface area is 100 Å². The minimum absolute atomic E-state index is 0.308. The van der Waals surface area contributed by atoms with Crippen molar-refractivity contribution in [3.05, 3.63) is 41.2 Å². The first-order valence-electron chi connectivity index (χ1n) is 5.41. The van der Waals surface area contributed by atoms with Gasteiger partial charge in [-0.05, 0) is 31.3 Å². The van der Waals surface area contributed by atoms with E-state index < -0.39 is 5.97 Å². The number of carboxylic acids is 1. The Bertz CT molecular complexity index is 429. The Morgan fingerprint density at radius 1 is 1.53 bits per heavy atom. The molecule has 1 aromatic rings. The Kier molecular flexibility index (Phi) is 4.84. The normalized spacial score (nSPS) is 11.3. The molecule has 4 heteroatoms. The molecule has 0 aliphatic rings. The van der Waals surface area contributed by atoms with Gasteiger partial charge in [-0.25, -0.2) is 9.18 Å². The van der Waals surface area contributed by atoms with E-state index in [4.69, 9.17) is 5.11 Å². The van der Waals surface area contributed by atoms with Crippen molar-refractivity contribution in [2.75, 3.05) is 13.6 Å². The monoisotopic (exact) mass is 237 g/mol. The number of rotatable bonds is 5.